The number of rotatable bonds is 2. The molecule has 0 aromatic carbocycles. The van der Waals surface area contributed by atoms with Gasteiger partial charge in [0.05, 0.1) is 0 Å². The van der Waals surface area contributed by atoms with Gasteiger partial charge in [0.1, 0.15) is 0 Å². The summed E-state index contributed by atoms with van der Waals surface area (Å²) in [5.74, 6) is 6.36. The molecule has 5 unspecified atom stereocenters. The highest BCUT2D eigenvalue weighted by Crippen LogP contribution is 2.49. The Labute approximate surface area is 139 Å². The molecule has 0 saturated heterocycles. The summed E-state index contributed by atoms with van der Waals surface area (Å²) in [5.41, 5.74) is 0. The van der Waals surface area contributed by atoms with E-state index in [-0.39, 0.29) is 0 Å². The van der Waals surface area contributed by atoms with Gasteiger partial charge in [-0.25, -0.2) is 0 Å². The number of hydrogen-bond donors (Lipinski definition) is 0. The molecular formula is C22H40. The van der Waals surface area contributed by atoms with Gasteiger partial charge in [-0.2, -0.15) is 0 Å². The predicted molar refractivity (Wildman–Crippen MR) is 96.9 cm³/mol. The van der Waals surface area contributed by atoms with E-state index < -0.39 is 0 Å². The second-order valence-corrected chi connectivity index (χ2v) is 9.36. The van der Waals surface area contributed by atoms with E-state index in [4.69, 9.17) is 0 Å². The zero-order chi connectivity index (χ0) is 15.4. The van der Waals surface area contributed by atoms with E-state index >= 15 is 0 Å². The van der Waals surface area contributed by atoms with Crippen molar-refractivity contribution in [1.29, 1.82) is 0 Å². The molecule has 0 heterocycles. The maximum Gasteiger partial charge on any atom is -0.0357 e. The van der Waals surface area contributed by atoms with Crippen molar-refractivity contribution in [1.82, 2.24) is 0 Å². The summed E-state index contributed by atoms with van der Waals surface area (Å²) in [7, 11) is 0. The molecule has 0 aromatic heterocycles. The molecule has 3 saturated carbocycles. The molecule has 0 radical (unpaired) electrons. The van der Waals surface area contributed by atoms with Gasteiger partial charge in [0.15, 0.2) is 0 Å². The second kappa shape index (κ2) is 8.20. The molecule has 5 atom stereocenters. The van der Waals surface area contributed by atoms with Crippen LogP contribution in [0, 0.1) is 35.5 Å². The van der Waals surface area contributed by atoms with Crippen LogP contribution >= 0.6 is 0 Å². The van der Waals surface area contributed by atoms with Gasteiger partial charge >= 0.3 is 0 Å². The molecule has 0 spiro atoms. The highest BCUT2D eigenvalue weighted by atomic mass is 14.4. The summed E-state index contributed by atoms with van der Waals surface area (Å²) in [4.78, 5) is 0. The third kappa shape index (κ3) is 4.30. The predicted octanol–water partition coefficient (Wildman–Crippen LogP) is 7.23. The molecule has 0 heteroatoms. The average molecular weight is 305 g/mol. The first-order valence-corrected chi connectivity index (χ1v) is 10.7. The van der Waals surface area contributed by atoms with E-state index in [1.807, 2.05) is 0 Å². The topological polar surface area (TPSA) is 0 Å². The lowest BCUT2D eigenvalue weighted by molar-refractivity contribution is 0.203. The molecule has 0 N–H and O–H groups in total. The minimum atomic E-state index is 0.990. The monoisotopic (exact) mass is 304 g/mol. The van der Waals surface area contributed by atoms with E-state index in [0.717, 1.165) is 35.5 Å². The zero-order valence-corrected chi connectivity index (χ0v) is 15.4. The molecule has 3 rings (SSSR count). The van der Waals surface area contributed by atoms with Gasteiger partial charge in [-0.3, -0.25) is 0 Å². The summed E-state index contributed by atoms with van der Waals surface area (Å²) < 4.78 is 0. The molecule has 3 aliphatic carbocycles. The smallest absolute Gasteiger partial charge is 0.0357 e. The normalized spacial score (nSPS) is 42.5. The van der Waals surface area contributed by atoms with Gasteiger partial charge in [-0.1, -0.05) is 84.5 Å². The van der Waals surface area contributed by atoms with Crippen LogP contribution in [-0.4, -0.2) is 0 Å². The highest BCUT2D eigenvalue weighted by molar-refractivity contribution is 4.89. The Morgan fingerprint density at radius 3 is 1.82 bits per heavy atom. The van der Waals surface area contributed by atoms with Gasteiger partial charge in [-0.05, 0) is 54.8 Å². The minimum Gasteiger partial charge on any atom is -0.0625 e. The van der Waals surface area contributed by atoms with Crippen LogP contribution in [0.2, 0.25) is 0 Å². The van der Waals surface area contributed by atoms with Gasteiger partial charge in [0.2, 0.25) is 0 Å². The van der Waals surface area contributed by atoms with Crippen molar-refractivity contribution in [3.05, 3.63) is 0 Å². The summed E-state index contributed by atoms with van der Waals surface area (Å²) in [6, 6.07) is 0. The standard InChI is InChI=1S/C22H40/c1-17-10-6-3-4-7-13-20(14-17)22-16-21(15-18(22)2)19-11-8-5-9-12-19/h17-22H,3-16H2,1-2H3. The van der Waals surface area contributed by atoms with Crippen molar-refractivity contribution in [2.45, 2.75) is 104 Å². The zero-order valence-electron chi connectivity index (χ0n) is 15.4. The maximum atomic E-state index is 2.60. The van der Waals surface area contributed by atoms with Crippen LogP contribution in [0.3, 0.4) is 0 Å². The highest BCUT2D eigenvalue weighted by Gasteiger charge is 2.39. The quantitative estimate of drug-likeness (QED) is 0.505. The van der Waals surface area contributed by atoms with Gasteiger partial charge < -0.3 is 0 Å². The van der Waals surface area contributed by atoms with E-state index in [2.05, 4.69) is 13.8 Å². The Morgan fingerprint density at radius 1 is 0.500 bits per heavy atom. The fraction of sp³-hybridized carbons (Fsp3) is 1.00. The molecular weight excluding hydrogens is 264 g/mol. The van der Waals surface area contributed by atoms with Crippen LogP contribution in [0.4, 0.5) is 0 Å². The average Bonchev–Trinajstić information content (AvgIpc) is 2.95. The summed E-state index contributed by atoms with van der Waals surface area (Å²) in [6.45, 7) is 5.14. The molecule has 0 aromatic rings. The molecule has 3 aliphatic rings. The van der Waals surface area contributed by atoms with Crippen LogP contribution in [0.5, 0.6) is 0 Å². The third-order valence-electron chi connectivity index (χ3n) is 7.63. The first kappa shape index (κ1) is 16.8. The lowest BCUT2D eigenvalue weighted by Gasteiger charge is -2.30. The molecule has 128 valence electrons. The van der Waals surface area contributed by atoms with Crippen molar-refractivity contribution in [3.63, 3.8) is 0 Å². The lowest BCUT2D eigenvalue weighted by atomic mass is 9.75. The fourth-order valence-electron chi connectivity index (χ4n) is 6.37. The van der Waals surface area contributed by atoms with Gasteiger partial charge in [0.25, 0.3) is 0 Å². The SMILES string of the molecule is CC1CCCCCCC(C2CC(C3CCCCC3)CC2C)C1. The third-order valence-corrected chi connectivity index (χ3v) is 7.63. The van der Waals surface area contributed by atoms with Crippen molar-refractivity contribution in [2.75, 3.05) is 0 Å². The van der Waals surface area contributed by atoms with Crippen molar-refractivity contribution in [3.8, 4) is 0 Å². The van der Waals surface area contributed by atoms with Crippen LogP contribution < -0.4 is 0 Å². The molecule has 3 fully saturated rings. The van der Waals surface area contributed by atoms with Gasteiger partial charge in [0, 0.05) is 0 Å². The molecule has 0 amide bonds. The molecule has 22 heavy (non-hydrogen) atoms. The Hall–Kier alpha value is 0. The Morgan fingerprint density at radius 2 is 1.09 bits per heavy atom. The summed E-state index contributed by atoms with van der Waals surface area (Å²) in [6.07, 6.45) is 21.5. The lowest BCUT2D eigenvalue weighted by Crippen LogP contribution is -2.20. The Kier molecular flexibility index (Phi) is 6.28. The van der Waals surface area contributed by atoms with Crippen molar-refractivity contribution < 1.29 is 0 Å². The van der Waals surface area contributed by atoms with Crippen LogP contribution in [0.25, 0.3) is 0 Å². The Balaban J connectivity index is 1.59. The minimum absolute atomic E-state index is 0.990. The first-order chi connectivity index (χ1) is 10.7. The van der Waals surface area contributed by atoms with E-state index in [0.29, 0.717) is 0 Å². The van der Waals surface area contributed by atoms with Crippen LogP contribution in [0.15, 0.2) is 0 Å². The molecule has 0 bridgehead atoms. The summed E-state index contributed by atoms with van der Waals surface area (Å²) in [5, 5.41) is 0. The van der Waals surface area contributed by atoms with Crippen LogP contribution in [0.1, 0.15) is 104 Å². The van der Waals surface area contributed by atoms with E-state index in [9.17, 15) is 0 Å². The fourth-order valence-corrected chi connectivity index (χ4v) is 6.37. The van der Waals surface area contributed by atoms with E-state index in [1.54, 1.807) is 38.5 Å². The Bertz CT molecular complexity index is 314. The number of hydrogen-bond acceptors (Lipinski definition) is 0. The van der Waals surface area contributed by atoms with Gasteiger partial charge in [-0.15, -0.1) is 0 Å². The van der Waals surface area contributed by atoms with Crippen molar-refractivity contribution in [2.24, 2.45) is 35.5 Å². The summed E-state index contributed by atoms with van der Waals surface area (Å²) >= 11 is 0. The molecule has 0 nitrogen and oxygen atoms in total. The van der Waals surface area contributed by atoms with Crippen molar-refractivity contribution >= 4 is 0 Å². The second-order valence-electron chi connectivity index (χ2n) is 9.36. The van der Waals surface area contributed by atoms with Crippen LogP contribution in [-0.2, 0) is 0 Å². The largest absolute Gasteiger partial charge is 0.0625 e. The maximum absolute atomic E-state index is 2.60. The first-order valence-electron chi connectivity index (χ1n) is 10.7. The molecule has 0 aliphatic heterocycles. The van der Waals surface area contributed by atoms with E-state index in [1.165, 1.54) is 51.4 Å².